The van der Waals surface area contributed by atoms with Gasteiger partial charge in [-0.25, -0.2) is 9.78 Å². The number of nitrogens with one attached hydrogen (secondary N) is 1. The summed E-state index contributed by atoms with van der Waals surface area (Å²) < 4.78 is 5.40. The number of aromatic amines is 1. The van der Waals surface area contributed by atoms with E-state index >= 15 is 0 Å². The quantitative estimate of drug-likeness (QED) is 0.384. The topological polar surface area (TPSA) is 118 Å². The first kappa shape index (κ1) is 20.5. The average molecular weight is 416 g/mol. The molecule has 0 bridgehead atoms. The molecule has 0 fully saturated rings. The number of hydrogen-bond donors (Lipinski definition) is 1. The molecule has 29 heavy (non-hydrogen) atoms. The van der Waals surface area contributed by atoms with Gasteiger partial charge in [0.2, 0.25) is 0 Å². The number of aryl methyl sites for hydroxylation is 2. The Morgan fingerprint density at radius 1 is 1.34 bits per heavy atom. The van der Waals surface area contributed by atoms with Crippen molar-refractivity contribution >= 4 is 38.9 Å². The van der Waals surface area contributed by atoms with Gasteiger partial charge in [0.1, 0.15) is 10.5 Å². The van der Waals surface area contributed by atoms with Crippen LogP contribution in [0.1, 0.15) is 39.7 Å². The van der Waals surface area contributed by atoms with Crippen molar-refractivity contribution in [2.45, 2.75) is 26.9 Å². The standard InChI is InChI=1S/C19H20N4O5S/c1-9-11(3)29-18-15(9)17(24)20-16(21-18)10(2)28-19(25)12-6-7-13(22(4)5)14(8-12)23(26)27/h6-8,10H,1-5H3,(H,20,21,24)/t10-/m1/s1. The fourth-order valence-corrected chi connectivity index (χ4v) is 3.96. The normalized spacial score (nSPS) is 12.0. The number of hydrogen-bond acceptors (Lipinski definition) is 8. The Bertz CT molecular complexity index is 1180. The molecule has 0 spiro atoms. The van der Waals surface area contributed by atoms with Crippen LogP contribution in [0.25, 0.3) is 10.2 Å². The van der Waals surface area contributed by atoms with Gasteiger partial charge in [-0.1, -0.05) is 0 Å². The number of carbonyl (C=O) groups is 1. The summed E-state index contributed by atoms with van der Waals surface area (Å²) in [6, 6.07) is 4.13. The van der Waals surface area contributed by atoms with Crippen molar-refractivity contribution < 1.29 is 14.5 Å². The number of aromatic nitrogens is 2. The highest BCUT2D eigenvalue weighted by Crippen LogP contribution is 2.29. The van der Waals surface area contributed by atoms with E-state index in [0.29, 0.717) is 15.9 Å². The maximum absolute atomic E-state index is 12.5. The fraction of sp³-hybridized carbons (Fsp3) is 0.316. The molecule has 0 aliphatic carbocycles. The second kappa shape index (κ2) is 7.63. The van der Waals surface area contributed by atoms with E-state index in [9.17, 15) is 19.7 Å². The second-order valence-electron chi connectivity index (χ2n) is 6.82. The third-order valence-electron chi connectivity index (χ3n) is 4.62. The Kier molecular flexibility index (Phi) is 5.38. The van der Waals surface area contributed by atoms with E-state index in [1.165, 1.54) is 29.5 Å². The van der Waals surface area contributed by atoms with E-state index in [4.69, 9.17) is 4.74 Å². The molecule has 0 radical (unpaired) electrons. The molecule has 0 amide bonds. The van der Waals surface area contributed by atoms with Crippen LogP contribution in [0.2, 0.25) is 0 Å². The average Bonchev–Trinajstić information content (AvgIpc) is 2.95. The van der Waals surface area contributed by atoms with Crippen LogP contribution >= 0.6 is 11.3 Å². The summed E-state index contributed by atoms with van der Waals surface area (Å²) in [7, 11) is 3.35. The Morgan fingerprint density at radius 2 is 2.03 bits per heavy atom. The molecule has 1 N–H and O–H groups in total. The summed E-state index contributed by atoms with van der Waals surface area (Å²) in [5.74, 6) is -0.524. The molecule has 0 unspecified atom stereocenters. The monoisotopic (exact) mass is 416 g/mol. The summed E-state index contributed by atoms with van der Waals surface area (Å²) in [5, 5.41) is 11.8. The molecule has 2 aromatic heterocycles. The lowest BCUT2D eigenvalue weighted by molar-refractivity contribution is -0.384. The number of nitro benzene ring substituents is 1. The summed E-state index contributed by atoms with van der Waals surface area (Å²) in [6.45, 7) is 5.35. The molecular formula is C19H20N4O5S. The van der Waals surface area contributed by atoms with Gasteiger partial charge in [-0.15, -0.1) is 11.3 Å². The third kappa shape index (κ3) is 3.83. The number of carbonyl (C=O) groups excluding carboxylic acids is 1. The highest BCUT2D eigenvalue weighted by atomic mass is 32.1. The molecule has 0 aliphatic rings. The molecule has 152 valence electrons. The summed E-state index contributed by atoms with van der Waals surface area (Å²) in [5.41, 5.74) is 0.804. The lowest BCUT2D eigenvalue weighted by atomic mass is 10.1. The van der Waals surface area contributed by atoms with Crippen molar-refractivity contribution in [1.29, 1.82) is 0 Å². The number of esters is 1. The molecule has 10 heteroatoms. The van der Waals surface area contributed by atoms with E-state index < -0.39 is 17.0 Å². The van der Waals surface area contributed by atoms with Gasteiger partial charge >= 0.3 is 5.97 Å². The van der Waals surface area contributed by atoms with Crippen LogP contribution in [0.5, 0.6) is 0 Å². The second-order valence-corrected chi connectivity index (χ2v) is 8.02. The van der Waals surface area contributed by atoms with Crippen molar-refractivity contribution in [2.75, 3.05) is 19.0 Å². The van der Waals surface area contributed by atoms with Crippen LogP contribution in [-0.4, -0.2) is 35.0 Å². The molecular weight excluding hydrogens is 396 g/mol. The molecule has 1 aromatic carbocycles. The summed E-state index contributed by atoms with van der Waals surface area (Å²) in [6.07, 6.45) is -0.838. The van der Waals surface area contributed by atoms with Crippen molar-refractivity contribution in [3.05, 3.63) is 60.5 Å². The number of nitrogens with zero attached hydrogens (tertiary/aromatic N) is 3. The largest absolute Gasteiger partial charge is 0.451 e. The highest BCUT2D eigenvalue weighted by Gasteiger charge is 2.22. The van der Waals surface area contributed by atoms with Crippen LogP contribution < -0.4 is 10.5 Å². The minimum atomic E-state index is -0.838. The number of H-pyrrole nitrogens is 1. The van der Waals surface area contributed by atoms with Crippen LogP contribution in [0.15, 0.2) is 23.0 Å². The van der Waals surface area contributed by atoms with Gasteiger partial charge in [0, 0.05) is 25.0 Å². The minimum absolute atomic E-state index is 0.0420. The summed E-state index contributed by atoms with van der Waals surface area (Å²) in [4.78, 5) is 45.9. The van der Waals surface area contributed by atoms with Gasteiger partial charge in [0.25, 0.3) is 11.2 Å². The minimum Gasteiger partial charge on any atom is -0.451 e. The molecule has 3 rings (SSSR count). The van der Waals surface area contributed by atoms with Gasteiger partial charge in [-0.2, -0.15) is 0 Å². The van der Waals surface area contributed by atoms with Crippen LogP contribution in [0.4, 0.5) is 11.4 Å². The third-order valence-corrected chi connectivity index (χ3v) is 5.72. The summed E-state index contributed by atoms with van der Waals surface area (Å²) >= 11 is 1.40. The van der Waals surface area contributed by atoms with Crippen LogP contribution in [0.3, 0.4) is 0 Å². The van der Waals surface area contributed by atoms with E-state index in [0.717, 1.165) is 10.4 Å². The van der Waals surface area contributed by atoms with E-state index in [-0.39, 0.29) is 22.6 Å². The van der Waals surface area contributed by atoms with Crippen molar-refractivity contribution in [1.82, 2.24) is 9.97 Å². The molecule has 1 atom stereocenters. The highest BCUT2D eigenvalue weighted by molar-refractivity contribution is 7.18. The Labute approximate surface area is 170 Å². The zero-order valence-electron chi connectivity index (χ0n) is 16.6. The number of anilines is 1. The Morgan fingerprint density at radius 3 is 2.66 bits per heavy atom. The van der Waals surface area contributed by atoms with Gasteiger partial charge in [-0.3, -0.25) is 14.9 Å². The number of benzene rings is 1. The Balaban J connectivity index is 1.89. The maximum atomic E-state index is 12.5. The van der Waals surface area contributed by atoms with E-state index in [1.54, 1.807) is 25.9 Å². The SMILES string of the molecule is Cc1sc2nc([C@@H](C)OC(=O)c3ccc(N(C)C)c([N+](=O)[O-])c3)[nH]c(=O)c2c1C. The van der Waals surface area contributed by atoms with Crippen molar-refractivity contribution in [3.63, 3.8) is 0 Å². The zero-order valence-corrected chi connectivity index (χ0v) is 17.4. The predicted molar refractivity (Wildman–Crippen MR) is 111 cm³/mol. The first-order valence-electron chi connectivity index (χ1n) is 8.76. The van der Waals surface area contributed by atoms with E-state index in [1.807, 2.05) is 13.8 Å². The van der Waals surface area contributed by atoms with Crippen LogP contribution in [0, 0.1) is 24.0 Å². The number of thiophene rings is 1. The molecule has 2 heterocycles. The lowest BCUT2D eigenvalue weighted by Crippen LogP contribution is -2.17. The Hall–Kier alpha value is -3.27. The number of nitro groups is 1. The first-order valence-corrected chi connectivity index (χ1v) is 9.58. The molecule has 0 saturated heterocycles. The van der Waals surface area contributed by atoms with Gasteiger partial charge in [0.05, 0.1) is 15.9 Å². The number of ether oxygens (including phenoxy) is 1. The lowest BCUT2D eigenvalue weighted by Gasteiger charge is -2.15. The zero-order chi connectivity index (χ0) is 21.5. The smallest absolute Gasteiger partial charge is 0.339 e. The van der Waals surface area contributed by atoms with Gasteiger partial charge in [-0.05, 0) is 38.5 Å². The molecule has 0 saturated carbocycles. The fourth-order valence-electron chi connectivity index (χ4n) is 2.92. The number of fused-ring (bicyclic) bond motifs is 1. The van der Waals surface area contributed by atoms with Crippen LogP contribution in [-0.2, 0) is 4.74 Å². The van der Waals surface area contributed by atoms with Crippen molar-refractivity contribution in [3.8, 4) is 0 Å². The maximum Gasteiger partial charge on any atom is 0.339 e. The predicted octanol–water partition coefficient (Wildman–Crippen LogP) is 3.49. The van der Waals surface area contributed by atoms with Gasteiger partial charge in [0.15, 0.2) is 11.9 Å². The molecule has 3 aromatic rings. The van der Waals surface area contributed by atoms with Gasteiger partial charge < -0.3 is 14.6 Å². The molecule has 9 nitrogen and oxygen atoms in total. The molecule has 0 aliphatic heterocycles. The first-order chi connectivity index (χ1) is 13.6. The number of rotatable bonds is 5. The van der Waals surface area contributed by atoms with Crippen molar-refractivity contribution in [2.24, 2.45) is 0 Å². The van der Waals surface area contributed by atoms with E-state index in [2.05, 4.69) is 9.97 Å².